The molecular formula is C18H13ClN4O2. The maximum Gasteiger partial charge on any atom is 0.338 e. The van der Waals surface area contributed by atoms with Crippen LogP contribution in [-0.4, -0.2) is 25.4 Å². The summed E-state index contributed by atoms with van der Waals surface area (Å²) >= 11 is 6.02. The lowest BCUT2D eigenvalue weighted by atomic mass is 10.2. The Labute approximate surface area is 147 Å². The topological polar surface area (TPSA) is 79.5 Å². The zero-order valence-corrected chi connectivity index (χ0v) is 13.7. The molecule has 7 heteroatoms. The monoisotopic (exact) mass is 352 g/mol. The first-order chi connectivity index (χ1) is 12.1. The standard InChI is InChI=1S/C18H13ClN4O2/c19-12-3-1-2-11(8-12)9-21-17-16-13(18(24)25)5-7-23(16)15-10-20-6-4-14(15)22-17/h1-8,10H,9H2,(H,21,22)(H,24,25). The molecule has 0 saturated carbocycles. The number of carbonyl (C=O) groups is 1. The first-order valence-corrected chi connectivity index (χ1v) is 7.97. The van der Waals surface area contributed by atoms with E-state index in [-0.39, 0.29) is 5.56 Å². The molecule has 0 aliphatic carbocycles. The fourth-order valence-electron chi connectivity index (χ4n) is 2.84. The molecule has 0 atom stereocenters. The van der Waals surface area contributed by atoms with Crippen molar-refractivity contribution in [3.8, 4) is 0 Å². The van der Waals surface area contributed by atoms with Gasteiger partial charge in [-0.1, -0.05) is 23.7 Å². The molecule has 0 radical (unpaired) electrons. The summed E-state index contributed by atoms with van der Waals surface area (Å²) < 4.78 is 1.79. The van der Waals surface area contributed by atoms with Crippen molar-refractivity contribution >= 4 is 39.9 Å². The predicted octanol–water partition coefficient (Wildman–Crippen LogP) is 3.85. The van der Waals surface area contributed by atoms with Crippen LogP contribution in [0.4, 0.5) is 5.82 Å². The van der Waals surface area contributed by atoms with E-state index in [9.17, 15) is 9.90 Å². The van der Waals surface area contributed by atoms with Crippen molar-refractivity contribution in [3.05, 3.63) is 71.1 Å². The summed E-state index contributed by atoms with van der Waals surface area (Å²) in [6.45, 7) is 0.476. The highest BCUT2D eigenvalue weighted by Crippen LogP contribution is 2.26. The number of aromatic nitrogens is 3. The molecule has 0 amide bonds. The van der Waals surface area contributed by atoms with Gasteiger partial charge in [-0.2, -0.15) is 0 Å². The summed E-state index contributed by atoms with van der Waals surface area (Å²) in [5.41, 5.74) is 3.15. The average Bonchev–Trinajstić information content (AvgIpc) is 3.05. The molecule has 4 rings (SSSR count). The number of anilines is 1. The fourth-order valence-corrected chi connectivity index (χ4v) is 3.05. The Bertz CT molecular complexity index is 1110. The lowest BCUT2D eigenvalue weighted by molar-refractivity contribution is 0.0699. The quantitative estimate of drug-likeness (QED) is 0.583. The van der Waals surface area contributed by atoms with Gasteiger partial charge in [0, 0.05) is 24.0 Å². The summed E-state index contributed by atoms with van der Waals surface area (Å²) in [5.74, 6) is -0.501. The Morgan fingerprint density at radius 3 is 2.96 bits per heavy atom. The van der Waals surface area contributed by atoms with Crippen molar-refractivity contribution in [2.45, 2.75) is 6.54 Å². The van der Waals surface area contributed by atoms with Crippen molar-refractivity contribution in [1.29, 1.82) is 0 Å². The van der Waals surface area contributed by atoms with Crippen LogP contribution in [0.5, 0.6) is 0 Å². The van der Waals surface area contributed by atoms with Gasteiger partial charge in [-0.15, -0.1) is 0 Å². The summed E-state index contributed by atoms with van der Waals surface area (Å²) in [6.07, 6.45) is 5.04. The second kappa shape index (κ2) is 6.07. The van der Waals surface area contributed by atoms with E-state index < -0.39 is 5.97 Å². The van der Waals surface area contributed by atoms with Crippen LogP contribution in [0.2, 0.25) is 5.02 Å². The molecule has 3 aromatic heterocycles. The van der Waals surface area contributed by atoms with Gasteiger partial charge in [0.05, 0.1) is 22.8 Å². The molecule has 0 bridgehead atoms. The number of nitrogens with one attached hydrogen (secondary N) is 1. The van der Waals surface area contributed by atoms with E-state index in [0.717, 1.165) is 16.6 Å². The number of aromatic carboxylic acids is 1. The van der Waals surface area contributed by atoms with E-state index in [1.807, 2.05) is 18.2 Å². The number of hydrogen-bond donors (Lipinski definition) is 2. The van der Waals surface area contributed by atoms with Crippen LogP contribution in [-0.2, 0) is 6.54 Å². The first kappa shape index (κ1) is 15.4. The molecule has 124 valence electrons. The third-order valence-electron chi connectivity index (χ3n) is 3.96. The second-order valence-electron chi connectivity index (χ2n) is 5.56. The Balaban J connectivity index is 1.85. The zero-order valence-electron chi connectivity index (χ0n) is 13.0. The van der Waals surface area contributed by atoms with Crippen LogP contribution in [0.25, 0.3) is 16.6 Å². The van der Waals surface area contributed by atoms with Gasteiger partial charge in [-0.05, 0) is 29.8 Å². The summed E-state index contributed by atoms with van der Waals surface area (Å²) in [4.78, 5) is 20.3. The second-order valence-corrected chi connectivity index (χ2v) is 6.00. The number of pyridine rings is 1. The van der Waals surface area contributed by atoms with Gasteiger partial charge in [0.25, 0.3) is 0 Å². The van der Waals surface area contributed by atoms with Gasteiger partial charge in [0.15, 0.2) is 5.82 Å². The highest BCUT2D eigenvalue weighted by Gasteiger charge is 2.17. The highest BCUT2D eigenvalue weighted by atomic mass is 35.5. The Morgan fingerprint density at radius 1 is 1.28 bits per heavy atom. The van der Waals surface area contributed by atoms with Crippen molar-refractivity contribution in [2.75, 3.05) is 5.32 Å². The minimum absolute atomic E-state index is 0.187. The fraction of sp³-hybridized carbons (Fsp3) is 0.0556. The molecule has 0 fully saturated rings. The van der Waals surface area contributed by atoms with Gasteiger partial charge < -0.3 is 14.8 Å². The predicted molar refractivity (Wildman–Crippen MR) is 96.2 cm³/mol. The Hall–Kier alpha value is -3.12. The Morgan fingerprint density at radius 2 is 2.16 bits per heavy atom. The van der Waals surface area contributed by atoms with Gasteiger partial charge in [-0.3, -0.25) is 4.98 Å². The van der Waals surface area contributed by atoms with Crippen LogP contribution in [0.15, 0.2) is 55.0 Å². The number of nitrogens with zero attached hydrogens (tertiary/aromatic N) is 3. The average molecular weight is 353 g/mol. The minimum Gasteiger partial charge on any atom is -0.478 e. The summed E-state index contributed by atoms with van der Waals surface area (Å²) in [6, 6.07) is 10.8. The molecule has 6 nitrogen and oxygen atoms in total. The van der Waals surface area contributed by atoms with Crippen LogP contribution < -0.4 is 5.32 Å². The van der Waals surface area contributed by atoms with Crippen molar-refractivity contribution in [1.82, 2.24) is 14.4 Å². The maximum absolute atomic E-state index is 11.6. The lowest BCUT2D eigenvalue weighted by Gasteiger charge is -2.11. The molecule has 4 aromatic rings. The molecular weight excluding hydrogens is 340 g/mol. The first-order valence-electron chi connectivity index (χ1n) is 7.60. The Kier molecular flexibility index (Phi) is 3.74. The van der Waals surface area contributed by atoms with E-state index in [0.29, 0.717) is 22.9 Å². The number of fused-ring (bicyclic) bond motifs is 3. The number of benzene rings is 1. The number of hydrogen-bond acceptors (Lipinski definition) is 4. The highest BCUT2D eigenvalue weighted by molar-refractivity contribution is 6.30. The molecule has 25 heavy (non-hydrogen) atoms. The SMILES string of the molecule is O=C(O)c1ccn2c1c(NCc1cccc(Cl)c1)nc1ccncc12. The molecule has 1 aromatic carbocycles. The normalized spacial score (nSPS) is 11.1. The van der Waals surface area contributed by atoms with Crippen molar-refractivity contribution in [2.24, 2.45) is 0 Å². The summed E-state index contributed by atoms with van der Waals surface area (Å²) in [7, 11) is 0. The molecule has 0 unspecified atom stereocenters. The van der Waals surface area contributed by atoms with Crippen molar-refractivity contribution < 1.29 is 9.90 Å². The minimum atomic E-state index is -1.00. The van der Waals surface area contributed by atoms with Crippen LogP contribution in [0, 0.1) is 0 Å². The molecule has 2 N–H and O–H groups in total. The van der Waals surface area contributed by atoms with E-state index in [2.05, 4.69) is 15.3 Å². The molecule has 0 saturated heterocycles. The molecule has 0 aliphatic heterocycles. The maximum atomic E-state index is 11.6. The van der Waals surface area contributed by atoms with Crippen molar-refractivity contribution in [3.63, 3.8) is 0 Å². The van der Waals surface area contributed by atoms with Gasteiger partial charge in [-0.25, -0.2) is 9.78 Å². The van der Waals surface area contributed by atoms with Gasteiger partial charge >= 0.3 is 5.97 Å². The van der Waals surface area contributed by atoms with E-state index in [1.165, 1.54) is 0 Å². The van der Waals surface area contributed by atoms with E-state index in [4.69, 9.17) is 11.6 Å². The van der Waals surface area contributed by atoms with Crippen LogP contribution >= 0.6 is 11.6 Å². The lowest BCUT2D eigenvalue weighted by Crippen LogP contribution is -2.06. The number of carboxylic acid groups (broad SMARTS) is 1. The van der Waals surface area contributed by atoms with E-state index in [1.54, 1.807) is 41.2 Å². The van der Waals surface area contributed by atoms with Crippen LogP contribution in [0.3, 0.4) is 0 Å². The number of rotatable bonds is 4. The summed E-state index contributed by atoms with van der Waals surface area (Å²) in [5, 5.41) is 13.4. The molecule has 0 spiro atoms. The third-order valence-corrected chi connectivity index (χ3v) is 4.19. The van der Waals surface area contributed by atoms with Gasteiger partial charge in [0.1, 0.15) is 5.52 Å². The van der Waals surface area contributed by atoms with E-state index >= 15 is 0 Å². The smallest absolute Gasteiger partial charge is 0.338 e. The number of carboxylic acids is 1. The number of halogens is 1. The van der Waals surface area contributed by atoms with Gasteiger partial charge in [0.2, 0.25) is 0 Å². The third kappa shape index (κ3) is 2.77. The molecule has 3 heterocycles. The zero-order chi connectivity index (χ0) is 17.4. The van der Waals surface area contributed by atoms with Crippen LogP contribution in [0.1, 0.15) is 15.9 Å². The largest absolute Gasteiger partial charge is 0.478 e. The molecule has 0 aliphatic rings.